The standard InChI is InChI=1S/C41H31N7/c1-41(2)37-10-4-3-9-35(37)36-12-11-32(19-38(36)41)47-48-40-34(31-18-29(23-46-25-31)27-8-6-16-44-21-27)14-13-33(39(40)42)30-17-28(22-45-24-30)26-7-5-15-43-20-26/h3-25,42,47H,1-2H3/b42-39?,48-40-. The first-order valence-electron chi connectivity index (χ1n) is 15.8. The fourth-order valence-electron chi connectivity index (χ4n) is 6.63. The molecule has 0 saturated heterocycles. The maximum Gasteiger partial charge on any atom is 0.117 e. The molecular weight excluding hydrogens is 591 g/mol. The number of benzene rings is 2. The van der Waals surface area contributed by atoms with E-state index in [0.29, 0.717) is 5.71 Å². The molecule has 2 aliphatic carbocycles. The number of aromatic nitrogens is 4. The van der Waals surface area contributed by atoms with Gasteiger partial charge in [0.1, 0.15) is 5.71 Å². The van der Waals surface area contributed by atoms with Crippen LogP contribution in [-0.2, 0) is 5.41 Å². The number of hydrazone groups is 1. The Hall–Kier alpha value is -6.34. The minimum Gasteiger partial charge on any atom is -0.298 e. The summed E-state index contributed by atoms with van der Waals surface area (Å²) in [5, 5.41) is 14.4. The van der Waals surface area contributed by atoms with E-state index in [-0.39, 0.29) is 11.1 Å². The second-order valence-corrected chi connectivity index (χ2v) is 12.4. The highest BCUT2D eigenvalue weighted by Crippen LogP contribution is 2.49. The number of nitrogens with zero attached hydrogens (tertiary/aromatic N) is 5. The summed E-state index contributed by atoms with van der Waals surface area (Å²) in [4.78, 5) is 17.6. The molecular formula is C41H31N7. The summed E-state index contributed by atoms with van der Waals surface area (Å²) in [5.41, 5.74) is 16.9. The fraction of sp³-hybridized carbons (Fsp3) is 0.0732. The lowest BCUT2D eigenvalue weighted by Gasteiger charge is -2.22. The van der Waals surface area contributed by atoms with E-state index in [4.69, 9.17) is 5.10 Å². The van der Waals surface area contributed by atoms with Gasteiger partial charge in [-0.1, -0.05) is 68.5 Å². The zero-order valence-corrected chi connectivity index (χ0v) is 26.5. The van der Waals surface area contributed by atoms with Crippen LogP contribution in [0, 0.1) is 5.41 Å². The van der Waals surface area contributed by atoms with Gasteiger partial charge in [0.05, 0.1) is 11.4 Å². The molecule has 4 heterocycles. The number of anilines is 1. The van der Waals surface area contributed by atoms with Gasteiger partial charge in [-0.3, -0.25) is 30.8 Å². The molecule has 2 N–H and O–H groups in total. The van der Waals surface area contributed by atoms with Crippen molar-refractivity contribution in [2.24, 2.45) is 5.10 Å². The first kappa shape index (κ1) is 29.1. The van der Waals surface area contributed by atoms with E-state index in [1.54, 1.807) is 18.6 Å². The van der Waals surface area contributed by atoms with Gasteiger partial charge in [-0.05, 0) is 58.7 Å². The van der Waals surface area contributed by atoms with Gasteiger partial charge in [-0.2, -0.15) is 5.10 Å². The largest absolute Gasteiger partial charge is 0.298 e. The van der Waals surface area contributed by atoms with Crippen LogP contribution in [0.15, 0.2) is 146 Å². The van der Waals surface area contributed by atoms with Crippen molar-refractivity contribution in [1.82, 2.24) is 19.9 Å². The first-order chi connectivity index (χ1) is 23.5. The van der Waals surface area contributed by atoms with Crippen molar-refractivity contribution in [3.8, 4) is 33.4 Å². The monoisotopic (exact) mass is 621 g/mol. The molecule has 0 spiro atoms. The van der Waals surface area contributed by atoms with E-state index < -0.39 is 0 Å². The third-order valence-electron chi connectivity index (χ3n) is 9.15. The van der Waals surface area contributed by atoms with Crippen molar-refractivity contribution in [2.45, 2.75) is 19.3 Å². The van der Waals surface area contributed by atoms with Crippen molar-refractivity contribution in [2.75, 3.05) is 5.43 Å². The summed E-state index contributed by atoms with van der Waals surface area (Å²) in [6, 6.07) is 26.9. The Morgan fingerprint density at radius 3 is 1.81 bits per heavy atom. The smallest absolute Gasteiger partial charge is 0.117 e. The molecule has 7 nitrogen and oxygen atoms in total. The molecule has 230 valence electrons. The van der Waals surface area contributed by atoms with Crippen LogP contribution >= 0.6 is 0 Å². The average molecular weight is 622 g/mol. The maximum absolute atomic E-state index is 9.50. The quantitative estimate of drug-likeness (QED) is 0.143. The van der Waals surface area contributed by atoms with Gasteiger partial charge < -0.3 is 0 Å². The Labute approximate surface area is 279 Å². The minimum absolute atomic E-state index is 0.139. The molecule has 0 saturated carbocycles. The van der Waals surface area contributed by atoms with Gasteiger partial charge in [0.2, 0.25) is 0 Å². The molecule has 0 atom stereocenters. The number of fused-ring (bicyclic) bond motifs is 3. The first-order valence-corrected chi connectivity index (χ1v) is 15.8. The van der Waals surface area contributed by atoms with Crippen LogP contribution in [0.25, 0.3) is 44.5 Å². The van der Waals surface area contributed by atoms with E-state index in [2.05, 4.69) is 87.7 Å². The van der Waals surface area contributed by atoms with Crippen LogP contribution in [0.1, 0.15) is 36.1 Å². The van der Waals surface area contributed by atoms with Crippen molar-refractivity contribution < 1.29 is 0 Å². The Kier molecular flexibility index (Phi) is 7.14. The van der Waals surface area contributed by atoms with Crippen molar-refractivity contribution >= 4 is 28.3 Å². The number of pyridine rings is 4. The number of rotatable bonds is 6. The summed E-state index contributed by atoms with van der Waals surface area (Å²) in [7, 11) is 0. The summed E-state index contributed by atoms with van der Waals surface area (Å²) < 4.78 is 0. The van der Waals surface area contributed by atoms with Gasteiger partial charge in [-0.15, -0.1) is 0 Å². The minimum atomic E-state index is -0.139. The molecule has 0 radical (unpaired) electrons. The Morgan fingerprint density at radius 1 is 0.562 bits per heavy atom. The molecule has 7 heteroatoms. The molecule has 0 fully saturated rings. The molecule has 0 aliphatic heterocycles. The van der Waals surface area contributed by atoms with Crippen LogP contribution in [0.2, 0.25) is 0 Å². The maximum atomic E-state index is 9.50. The third kappa shape index (κ3) is 5.11. The predicted octanol–water partition coefficient (Wildman–Crippen LogP) is 8.88. The van der Waals surface area contributed by atoms with E-state index >= 15 is 0 Å². The van der Waals surface area contributed by atoms with E-state index in [0.717, 1.165) is 50.2 Å². The molecule has 8 rings (SSSR count). The topological polar surface area (TPSA) is 99.8 Å². The lowest BCUT2D eigenvalue weighted by molar-refractivity contribution is 0.660. The highest BCUT2D eigenvalue weighted by molar-refractivity contribution is 6.69. The van der Waals surface area contributed by atoms with Crippen LogP contribution in [-0.4, -0.2) is 31.4 Å². The Morgan fingerprint density at radius 2 is 1.15 bits per heavy atom. The number of allylic oxidation sites excluding steroid dienone is 4. The highest BCUT2D eigenvalue weighted by Gasteiger charge is 2.35. The zero-order valence-electron chi connectivity index (χ0n) is 26.5. The van der Waals surface area contributed by atoms with Crippen LogP contribution < -0.4 is 5.43 Å². The van der Waals surface area contributed by atoms with Crippen LogP contribution in [0.3, 0.4) is 0 Å². The Balaban J connectivity index is 1.20. The summed E-state index contributed by atoms with van der Waals surface area (Å²) >= 11 is 0. The van der Waals surface area contributed by atoms with Crippen molar-refractivity contribution in [3.05, 3.63) is 163 Å². The van der Waals surface area contributed by atoms with Crippen LogP contribution in [0.5, 0.6) is 0 Å². The molecule has 0 amide bonds. The predicted molar refractivity (Wildman–Crippen MR) is 194 cm³/mol. The second kappa shape index (κ2) is 11.8. The number of hydrogen-bond donors (Lipinski definition) is 2. The number of hydrogen-bond acceptors (Lipinski definition) is 7. The van der Waals surface area contributed by atoms with Crippen LogP contribution in [0.4, 0.5) is 5.69 Å². The SMILES string of the molecule is CC1(C)c2ccccc2-c2ccc(N/N=C3\C(=N)C(c4cncc(-c5cccnc5)c4)=CC=C3c3cncc(-c4cccnc4)c3)cc21. The van der Waals surface area contributed by atoms with Gasteiger partial charge in [0, 0.05) is 99.5 Å². The van der Waals surface area contributed by atoms with Gasteiger partial charge in [-0.25, -0.2) is 0 Å². The van der Waals surface area contributed by atoms with E-state index in [1.807, 2.05) is 73.5 Å². The zero-order chi connectivity index (χ0) is 32.7. The highest BCUT2D eigenvalue weighted by atomic mass is 15.3. The molecule has 2 aromatic carbocycles. The molecule has 48 heavy (non-hydrogen) atoms. The van der Waals surface area contributed by atoms with E-state index in [9.17, 15) is 5.41 Å². The lowest BCUT2D eigenvalue weighted by Crippen LogP contribution is -2.21. The average Bonchev–Trinajstić information content (AvgIpc) is 3.37. The summed E-state index contributed by atoms with van der Waals surface area (Å²) in [6.45, 7) is 4.52. The lowest BCUT2D eigenvalue weighted by atomic mass is 9.82. The molecule has 6 aromatic rings. The molecule has 0 bridgehead atoms. The van der Waals surface area contributed by atoms with E-state index in [1.165, 1.54) is 22.3 Å². The van der Waals surface area contributed by atoms with Crippen molar-refractivity contribution in [3.63, 3.8) is 0 Å². The normalized spacial score (nSPS) is 15.4. The van der Waals surface area contributed by atoms with Gasteiger partial charge >= 0.3 is 0 Å². The fourth-order valence-corrected chi connectivity index (χ4v) is 6.63. The number of nitrogens with one attached hydrogen (secondary N) is 2. The summed E-state index contributed by atoms with van der Waals surface area (Å²) in [6.07, 6.45) is 18.4. The molecule has 0 unspecified atom stereocenters. The third-order valence-corrected chi connectivity index (χ3v) is 9.15. The molecule has 2 aliphatic rings. The summed E-state index contributed by atoms with van der Waals surface area (Å²) in [5.74, 6) is 0. The Bertz CT molecular complexity index is 2300. The van der Waals surface area contributed by atoms with Gasteiger partial charge in [0.25, 0.3) is 0 Å². The second-order valence-electron chi connectivity index (χ2n) is 12.4. The van der Waals surface area contributed by atoms with Gasteiger partial charge in [0.15, 0.2) is 0 Å². The molecule has 4 aromatic heterocycles. The van der Waals surface area contributed by atoms with Crippen molar-refractivity contribution in [1.29, 1.82) is 5.41 Å².